The summed E-state index contributed by atoms with van der Waals surface area (Å²) in [5.74, 6) is 0.199. The molecule has 0 unspecified atom stereocenters. The number of likely N-dealkylation sites (tertiary alicyclic amines) is 2. The number of nitrogens with one attached hydrogen (secondary N) is 1. The zero-order valence-corrected chi connectivity index (χ0v) is 34.8. The van der Waals surface area contributed by atoms with E-state index in [0.29, 0.717) is 21.9 Å². The Kier molecular flexibility index (Phi) is 16.4. The van der Waals surface area contributed by atoms with E-state index in [9.17, 15) is 24.0 Å². The molecule has 0 spiro atoms. The number of piperidine rings is 2. The van der Waals surface area contributed by atoms with E-state index in [1.807, 2.05) is 34.6 Å². The third kappa shape index (κ3) is 13.6. The number of nitrogens with two attached hydrogens (primary N) is 1. The van der Waals surface area contributed by atoms with Crippen molar-refractivity contribution in [2.24, 2.45) is 17.8 Å². The minimum atomic E-state index is -1.01. The first kappa shape index (κ1) is 47.0. The molecule has 15 nitrogen and oxygen atoms in total. The molecule has 17 heteroatoms. The van der Waals surface area contributed by atoms with Gasteiger partial charge >= 0.3 is 24.3 Å². The number of rotatable bonds is 5. The first-order chi connectivity index (χ1) is 26.1. The van der Waals surface area contributed by atoms with E-state index in [4.69, 9.17) is 47.9 Å². The molecule has 0 aromatic carbocycles. The number of amides is 3. The lowest BCUT2D eigenvalue weighted by atomic mass is 9.98. The van der Waals surface area contributed by atoms with E-state index in [1.54, 1.807) is 62.1 Å². The summed E-state index contributed by atoms with van der Waals surface area (Å²) < 4.78 is 20.6. The first-order valence-electron chi connectivity index (χ1n) is 18.8. The molecule has 3 amide bonds. The maximum atomic E-state index is 12.8. The van der Waals surface area contributed by atoms with Gasteiger partial charge in [-0.15, -0.1) is 0 Å². The fourth-order valence-corrected chi connectivity index (χ4v) is 7.61. The van der Waals surface area contributed by atoms with Gasteiger partial charge in [0, 0.05) is 12.1 Å². The van der Waals surface area contributed by atoms with Crippen LogP contribution in [-0.2, 0) is 28.5 Å². The summed E-state index contributed by atoms with van der Waals surface area (Å²) in [5, 5.41) is 3.52. The van der Waals surface area contributed by atoms with Crippen molar-refractivity contribution in [2.75, 3.05) is 17.7 Å². The highest BCUT2D eigenvalue weighted by Crippen LogP contribution is 2.44. The van der Waals surface area contributed by atoms with Crippen molar-refractivity contribution < 1.29 is 42.9 Å². The highest BCUT2D eigenvalue weighted by molar-refractivity contribution is 6.29. The van der Waals surface area contributed by atoms with Gasteiger partial charge in [-0.25, -0.2) is 29.1 Å². The molecule has 6 atom stereocenters. The largest absolute Gasteiger partial charge is 0.516 e. The van der Waals surface area contributed by atoms with E-state index in [1.165, 1.54) is 4.90 Å². The van der Waals surface area contributed by atoms with E-state index >= 15 is 0 Å². The number of fused-ring (bicyclic) bond motifs is 4. The molecule has 6 rings (SSSR count). The summed E-state index contributed by atoms with van der Waals surface area (Å²) >= 11 is 11.3. The average molecular weight is 838 g/mol. The Balaban J connectivity index is 0.000000252. The van der Waals surface area contributed by atoms with Gasteiger partial charge in [-0.3, -0.25) is 14.6 Å². The standard InChI is InChI=1S/C17H22ClN3O3.C17H27NO6.C5H5ClN2.CH4/c1-17(2,3)24-16(23)21-11-8-7-10(9-11)14(21)15(22)20-13-6-4-5-12(18)19-13;1-10(2)9-22-16(21)23-14(19)13-11-6-7-12(8-11)18(13)15(20)24-17(3,4)5;6-4-2-1-3-5(7)8-4;/h4-6,10-11,14H,7-9H2,1-3H3,(H,19,20,22);10-13H,6-9H2,1-5H3;1-3H,(H2,7,8);1H4/t10-,11+,14-;11-,12+,13-;;/m00../s1. The highest BCUT2D eigenvalue weighted by Gasteiger charge is 2.54. The van der Waals surface area contributed by atoms with Crippen molar-refractivity contribution >= 4 is 65.1 Å². The third-order valence-electron chi connectivity index (χ3n) is 9.31. The monoisotopic (exact) mass is 836 g/mol. The Bertz CT molecular complexity index is 1720. The van der Waals surface area contributed by atoms with Gasteiger partial charge in [0.05, 0.1) is 6.61 Å². The Labute approximate surface area is 345 Å². The van der Waals surface area contributed by atoms with Gasteiger partial charge in [0.25, 0.3) is 0 Å². The number of pyridine rings is 2. The molecule has 4 bridgehead atoms. The number of ether oxygens (including phenoxy) is 4. The molecule has 2 aromatic rings. The molecule has 2 saturated carbocycles. The van der Waals surface area contributed by atoms with Crippen LogP contribution >= 0.6 is 23.2 Å². The van der Waals surface area contributed by atoms with Crippen molar-refractivity contribution in [1.82, 2.24) is 19.8 Å². The van der Waals surface area contributed by atoms with Crippen LogP contribution in [0.2, 0.25) is 10.3 Å². The maximum absolute atomic E-state index is 12.8. The van der Waals surface area contributed by atoms with Crippen LogP contribution in [0.15, 0.2) is 36.4 Å². The zero-order valence-electron chi connectivity index (χ0n) is 33.3. The number of anilines is 2. The summed E-state index contributed by atoms with van der Waals surface area (Å²) in [6.07, 6.45) is 3.16. The Morgan fingerprint density at radius 3 is 1.74 bits per heavy atom. The van der Waals surface area contributed by atoms with E-state index in [2.05, 4.69) is 15.3 Å². The fraction of sp³-hybridized carbons (Fsp3) is 0.625. The number of halogens is 2. The van der Waals surface area contributed by atoms with Gasteiger partial charge in [0.2, 0.25) is 5.91 Å². The second-order valence-corrected chi connectivity index (χ2v) is 17.5. The van der Waals surface area contributed by atoms with Crippen LogP contribution in [0.25, 0.3) is 0 Å². The Morgan fingerprint density at radius 2 is 1.28 bits per heavy atom. The Hall–Kier alpha value is -4.37. The molecule has 0 radical (unpaired) electrons. The molecule has 57 heavy (non-hydrogen) atoms. The number of carbonyl (C=O) groups is 5. The quantitative estimate of drug-likeness (QED) is 0.126. The molecule has 316 valence electrons. The predicted octanol–water partition coefficient (Wildman–Crippen LogP) is 8.53. The molecule has 2 aliphatic carbocycles. The lowest BCUT2D eigenvalue weighted by Crippen LogP contribution is -2.52. The number of aromatic nitrogens is 2. The minimum Gasteiger partial charge on any atom is -0.444 e. The van der Waals surface area contributed by atoms with Crippen LogP contribution in [0.5, 0.6) is 0 Å². The van der Waals surface area contributed by atoms with E-state index < -0.39 is 47.6 Å². The molecular formula is C40H58Cl2N6O9. The lowest BCUT2D eigenvalue weighted by molar-refractivity contribution is -0.147. The van der Waals surface area contributed by atoms with Crippen molar-refractivity contribution in [1.29, 1.82) is 0 Å². The van der Waals surface area contributed by atoms with Crippen LogP contribution in [0.4, 0.5) is 26.0 Å². The number of nitrogens with zero attached hydrogens (tertiary/aromatic N) is 4. The first-order valence-corrected chi connectivity index (χ1v) is 19.6. The number of carbonyl (C=O) groups excluding carboxylic acids is 5. The minimum absolute atomic E-state index is 0. The van der Waals surface area contributed by atoms with Gasteiger partial charge < -0.3 is 30.0 Å². The zero-order chi connectivity index (χ0) is 41.5. The third-order valence-corrected chi connectivity index (χ3v) is 9.73. The molecular weight excluding hydrogens is 779 g/mol. The van der Waals surface area contributed by atoms with Crippen LogP contribution in [0.1, 0.15) is 101 Å². The summed E-state index contributed by atoms with van der Waals surface area (Å²) in [7, 11) is 0. The lowest BCUT2D eigenvalue weighted by Gasteiger charge is -2.35. The summed E-state index contributed by atoms with van der Waals surface area (Å²) in [6, 6.07) is 8.91. The van der Waals surface area contributed by atoms with E-state index in [-0.39, 0.29) is 49.8 Å². The van der Waals surface area contributed by atoms with Crippen molar-refractivity contribution in [3.63, 3.8) is 0 Å². The molecule has 4 aliphatic rings. The van der Waals surface area contributed by atoms with Crippen LogP contribution in [0, 0.1) is 17.8 Å². The summed E-state index contributed by atoms with van der Waals surface area (Å²) in [6.45, 7) is 14.7. The number of hydrogen-bond donors (Lipinski definition) is 2. The van der Waals surface area contributed by atoms with Gasteiger partial charge in [0.1, 0.15) is 45.2 Å². The Morgan fingerprint density at radius 1 is 0.789 bits per heavy atom. The van der Waals surface area contributed by atoms with E-state index in [0.717, 1.165) is 38.5 Å². The van der Waals surface area contributed by atoms with Gasteiger partial charge in [0.15, 0.2) is 0 Å². The SMILES string of the molecule is C.CC(C)(C)OC(=O)N1[C@@H]2CC[C@@H](C2)[C@H]1C(=O)Nc1cccc(Cl)n1.CC(C)COC(=O)OC(=O)[C@@H]1[C@H]2CC[C@H](C2)N1C(=O)OC(C)(C)C.Nc1cccc(Cl)n1. The normalized spacial score (nSPS) is 22.9. The molecule has 2 aromatic heterocycles. The van der Waals surface area contributed by atoms with Gasteiger partial charge in [-0.1, -0.05) is 56.6 Å². The maximum Gasteiger partial charge on any atom is 0.516 e. The molecule has 3 N–H and O–H groups in total. The molecule has 4 heterocycles. The topological polar surface area (TPSA) is 193 Å². The summed E-state index contributed by atoms with van der Waals surface area (Å²) in [4.78, 5) is 72.6. The van der Waals surface area contributed by atoms with Crippen LogP contribution in [0.3, 0.4) is 0 Å². The predicted molar refractivity (Wildman–Crippen MR) is 217 cm³/mol. The van der Waals surface area contributed by atoms with Crippen molar-refractivity contribution in [3.05, 3.63) is 46.7 Å². The average Bonchev–Trinajstić information content (AvgIpc) is 3.88. The van der Waals surface area contributed by atoms with Crippen molar-refractivity contribution in [3.8, 4) is 0 Å². The second kappa shape index (κ2) is 19.9. The number of nitrogen functional groups attached to an aromatic ring is 1. The molecule has 4 fully saturated rings. The molecule has 2 saturated heterocycles. The number of esters is 1. The fourth-order valence-electron chi connectivity index (χ4n) is 7.28. The summed E-state index contributed by atoms with van der Waals surface area (Å²) in [5.41, 5.74) is 4.02. The van der Waals surface area contributed by atoms with Crippen molar-refractivity contribution in [2.45, 2.75) is 137 Å². The van der Waals surface area contributed by atoms with Gasteiger partial charge in [-0.05, 0) is 122 Å². The second-order valence-electron chi connectivity index (χ2n) is 16.7. The smallest absolute Gasteiger partial charge is 0.444 e. The van der Waals surface area contributed by atoms with Crippen LogP contribution < -0.4 is 11.1 Å². The number of hydrogen-bond acceptors (Lipinski definition) is 12. The molecule has 2 aliphatic heterocycles. The highest BCUT2D eigenvalue weighted by atomic mass is 35.5. The van der Waals surface area contributed by atoms with Crippen LogP contribution in [-0.4, -0.2) is 92.0 Å². The van der Waals surface area contributed by atoms with Gasteiger partial charge in [-0.2, -0.15) is 0 Å².